The lowest BCUT2D eigenvalue weighted by Crippen LogP contribution is -2.22. The number of anilines is 1. The molecule has 5 aromatic rings. The van der Waals surface area contributed by atoms with Crippen LogP contribution in [0.5, 0.6) is 0 Å². The topological polar surface area (TPSA) is 139 Å². The number of nitrogens with zero attached hydrogens (tertiary/aromatic N) is 4. The molecule has 0 bridgehead atoms. The van der Waals surface area contributed by atoms with E-state index in [1.807, 2.05) is 51.1 Å². The molecule has 1 unspecified atom stereocenters. The highest BCUT2D eigenvalue weighted by Crippen LogP contribution is 2.30. The van der Waals surface area contributed by atoms with Crippen LogP contribution < -0.4 is 11.1 Å². The number of halogens is 1. The summed E-state index contributed by atoms with van der Waals surface area (Å²) in [5, 5.41) is 17.1. The van der Waals surface area contributed by atoms with Crippen LogP contribution in [0.1, 0.15) is 44.3 Å². The van der Waals surface area contributed by atoms with Crippen molar-refractivity contribution in [2.24, 2.45) is 0 Å². The molecule has 10 heteroatoms. The summed E-state index contributed by atoms with van der Waals surface area (Å²) in [7, 11) is 0. The van der Waals surface area contributed by atoms with Gasteiger partial charge in [0.1, 0.15) is 11.6 Å². The highest BCUT2D eigenvalue weighted by atomic mass is 19.1. The van der Waals surface area contributed by atoms with Crippen molar-refractivity contribution in [2.75, 3.05) is 5.73 Å². The molecule has 5 rings (SSSR count). The molecule has 36 heavy (non-hydrogen) atoms. The predicted molar refractivity (Wildman–Crippen MR) is 134 cm³/mol. The standard InChI is InChI=1S/C26H26FN7O2/c1-26(2,3)25-33-24(36-34-25)23(35)30-13-16-8-7-14(12-19(16)27)18-9-10-29-22-20(18)31-21(32-22)15-5-4-6-17(28)11-15/h4-12,23,30,35H,13,28H2,1-3H3,(H,29,31,32). The predicted octanol–water partition coefficient (Wildman–Crippen LogP) is 4.47. The van der Waals surface area contributed by atoms with Crippen LogP contribution in [-0.2, 0) is 12.0 Å². The summed E-state index contributed by atoms with van der Waals surface area (Å²) in [6, 6.07) is 14.1. The molecule has 0 saturated carbocycles. The zero-order chi connectivity index (χ0) is 25.4. The Balaban J connectivity index is 1.36. The van der Waals surface area contributed by atoms with Gasteiger partial charge >= 0.3 is 0 Å². The Kier molecular flexibility index (Phi) is 5.99. The zero-order valence-electron chi connectivity index (χ0n) is 20.1. The van der Waals surface area contributed by atoms with Crippen LogP contribution in [-0.4, -0.2) is 30.2 Å². The summed E-state index contributed by atoms with van der Waals surface area (Å²) < 4.78 is 20.2. The van der Waals surface area contributed by atoms with E-state index in [1.165, 1.54) is 6.07 Å². The van der Waals surface area contributed by atoms with Crippen molar-refractivity contribution in [3.63, 3.8) is 0 Å². The number of hydrogen-bond donors (Lipinski definition) is 4. The molecular weight excluding hydrogens is 461 g/mol. The fourth-order valence-electron chi connectivity index (χ4n) is 3.78. The highest BCUT2D eigenvalue weighted by molar-refractivity contribution is 5.91. The average molecular weight is 488 g/mol. The molecule has 0 saturated heterocycles. The SMILES string of the molecule is CC(C)(C)c1noc(C(O)NCc2ccc(-c3ccnc4nc(-c5cccc(N)c5)[nH]c34)cc2F)n1. The van der Waals surface area contributed by atoms with Crippen LogP contribution in [0.3, 0.4) is 0 Å². The number of pyridine rings is 1. The Morgan fingerprint density at radius 2 is 1.94 bits per heavy atom. The number of fused-ring (bicyclic) bond motifs is 1. The van der Waals surface area contributed by atoms with Gasteiger partial charge in [-0.2, -0.15) is 4.98 Å². The largest absolute Gasteiger partial charge is 0.399 e. The van der Waals surface area contributed by atoms with Gasteiger partial charge in [0.25, 0.3) is 5.89 Å². The molecule has 0 aliphatic carbocycles. The second kappa shape index (κ2) is 9.14. The van der Waals surface area contributed by atoms with Crippen LogP contribution >= 0.6 is 0 Å². The molecule has 3 heterocycles. The number of imidazole rings is 1. The maximum Gasteiger partial charge on any atom is 0.270 e. The lowest BCUT2D eigenvalue weighted by Gasteiger charge is -2.12. The number of benzene rings is 2. The molecule has 0 amide bonds. The summed E-state index contributed by atoms with van der Waals surface area (Å²) >= 11 is 0. The van der Waals surface area contributed by atoms with E-state index >= 15 is 4.39 Å². The Bertz CT molecular complexity index is 1540. The van der Waals surface area contributed by atoms with Crippen molar-refractivity contribution < 1.29 is 14.0 Å². The maximum atomic E-state index is 15.0. The molecule has 3 aromatic heterocycles. The molecule has 0 aliphatic heterocycles. The smallest absolute Gasteiger partial charge is 0.270 e. The van der Waals surface area contributed by atoms with Crippen LogP contribution in [0.4, 0.5) is 10.1 Å². The third kappa shape index (κ3) is 4.68. The lowest BCUT2D eigenvalue weighted by atomic mass is 9.96. The summed E-state index contributed by atoms with van der Waals surface area (Å²) in [5.74, 6) is 0.721. The summed E-state index contributed by atoms with van der Waals surface area (Å²) in [6.07, 6.45) is 0.421. The molecule has 1 atom stereocenters. The Hall–Kier alpha value is -4.15. The number of nitrogens with one attached hydrogen (secondary N) is 2. The van der Waals surface area contributed by atoms with Gasteiger partial charge in [-0.05, 0) is 29.8 Å². The molecule has 0 fully saturated rings. The number of H-pyrrole nitrogens is 1. The molecule has 0 aliphatic rings. The fourth-order valence-corrected chi connectivity index (χ4v) is 3.78. The minimum absolute atomic E-state index is 0.0337. The normalized spacial score (nSPS) is 12.8. The van der Waals surface area contributed by atoms with E-state index in [9.17, 15) is 5.11 Å². The number of nitrogen functional groups attached to an aromatic ring is 1. The van der Waals surface area contributed by atoms with Crippen LogP contribution in [0.2, 0.25) is 0 Å². The number of aromatic nitrogens is 5. The molecule has 9 nitrogen and oxygen atoms in total. The van der Waals surface area contributed by atoms with Gasteiger partial charge in [0.15, 0.2) is 17.7 Å². The number of aromatic amines is 1. The van der Waals surface area contributed by atoms with E-state index in [0.717, 1.165) is 11.1 Å². The van der Waals surface area contributed by atoms with Crippen molar-refractivity contribution in [1.82, 2.24) is 30.4 Å². The first kappa shape index (κ1) is 23.6. The van der Waals surface area contributed by atoms with E-state index in [1.54, 1.807) is 18.3 Å². The number of aliphatic hydroxyl groups is 1. The van der Waals surface area contributed by atoms with E-state index in [0.29, 0.717) is 39.6 Å². The van der Waals surface area contributed by atoms with Gasteiger partial charge in [-0.15, -0.1) is 0 Å². The minimum Gasteiger partial charge on any atom is -0.399 e. The molecule has 2 aromatic carbocycles. The van der Waals surface area contributed by atoms with E-state index in [2.05, 4.69) is 30.4 Å². The quantitative estimate of drug-likeness (QED) is 0.203. The highest BCUT2D eigenvalue weighted by Gasteiger charge is 2.24. The van der Waals surface area contributed by atoms with Crippen molar-refractivity contribution in [1.29, 1.82) is 0 Å². The Morgan fingerprint density at radius 1 is 1.11 bits per heavy atom. The van der Waals surface area contributed by atoms with Crippen molar-refractivity contribution in [2.45, 2.75) is 39.0 Å². The monoisotopic (exact) mass is 487 g/mol. The van der Waals surface area contributed by atoms with Gasteiger partial charge in [0.05, 0.1) is 5.52 Å². The first-order chi connectivity index (χ1) is 17.2. The van der Waals surface area contributed by atoms with E-state index in [-0.39, 0.29) is 17.9 Å². The van der Waals surface area contributed by atoms with Gasteiger partial charge < -0.3 is 20.3 Å². The van der Waals surface area contributed by atoms with Crippen molar-refractivity contribution in [3.05, 3.63) is 77.8 Å². The molecule has 0 spiro atoms. The van der Waals surface area contributed by atoms with Crippen molar-refractivity contribution in [3.8, 4) is 22.5 Å². The van der Waals surface area contributed by atoms with E-state index in [4.69, 9.17) is 10.3 Å². The summed E-state index contributed by atoms with van der Waals surface area (Å²) in [5.41, 5.74) is 10.1. The third-order valence-corrected chi connectivity index (χ3v) is 5.75. The fraction of sp³-hybridized carbons (Fsp3) is 0.231. The van der Waals surface area contributed by atoms with Gasteiger partial charge in [0, 0.05) is 40.5 Å². The third-order valence-electron chi connectivity index (χ3n) is 5.75. The zero-order valence-corrected chi connectivity index (χ0v) is 20.1. The first-order valence-corrected chi connectivity index (χ1v) is 11.4. The van der Waals surface area contributed by atoms with Crippen molar-refractivity contribution >= 4 is 16.9 Å². The summed E-state index contributed by atoms with van der Waals surface area (Å²) in [4.78, 5) is 16.4. The first-order valence-electron chi connectivity index (χ1n) is 11.4. The summed E-state index contributed by atoms with van der Waals surface area (Å²) in [6.45, 7) is 5.89. The minimum atomic E-state index is -1.22. The van der Waals surface area contributed by atoms with E-state index < -0.39 is 12.0 Å². The number of rotatable bonds is 6. The van der Waals surface area contributed by atoms with Crippen LogP contribution in [0, 0.1) is 5.82 Å². The molecule has 184 valence electrons. The van der Waals surface area contributed by atoms with Crippen LogP contribution in [0.15, 0.2) is 59.3 Å². The maximum absolute atomic E-state index is 15.0. The van der Waals surface area contributed by atoms with Gasteiger partial charge in [-0.1, -0.05) is 50.2 Å². The van der Waals surface area contributed by atoms with Gasteiger partial charge in [-0.3, -0.25) is 5.32 Å². The number of nitrogens with two attached hydrogens (primary N) is 1. The van der Waals surface area contributed by atoms with Crippen LogP contribution in [0.25, 0.3) is 33.7 Å². The molecule has 0 radical (unpaired) electrons. The second-order valence-electron chi connectivity index (χ2n) is 9.56. The van der Waals surface area contributed by atoms with Gasteiger partial charge in [-0.25, -0.2) is 14.4 Å². The number of hydrogen-bond acceptors (Lipinski definition) is 8. The second-order valence-corrected chi connectivity index (χ2v) is 9.56. The Labute approximate surface area is 206 Å². The number of aliphatic hydroxyl groups excluding tert-OH is 1. The van der Waals surface area contributed by atoms with Gasteiger partial charge in [0.2, 0.25) is 0 Å². The Morgan fingerprint density at radius 3 is 2.67 bits per heavy atom. The lowest BCUT2D eigenvalue weighted by molar-refractivity contribution is 0.0978. The molecule has 5 N–H and O–H groups in total. The molecular formula is C26H26FN7O2. The average Bonchev–Trinajstić information content (AvgIpc) is 3.51.